The van der Waals surface area contributed by atoms with E-state index >= 15 is 4.79 Å². The number of nitrogens with zero attached hydrogens (tertiary/aromatic N) is 7. The first-order valence-electron chi connectivity index (χ1n) is 44.6. The summed E-state index contributed by atoms with van der Waals surface area (Å²) in [5.41, 5.74) is 4.05. The zero-order chi connectivity index (χ0) is 86.8. The third-order valence-electron chi connectivity index (χ3n) is 29.5. The smallest absolute Gasteiger partial charge is 0.306 e. The van der Waals surface area contributed by atoms with Crippen LogP contribution in [0.5, 0.6) is 11.5 Å². The van der Waals surface area contributed by atoms with E-state index in [0.717, 1.165) is 41.9 Å². The van der Waals surface area contributed by atoms with Crippen molar-refractivity contribution in [2.45, 2.75) is 292 Å². The number of allylic oxidation sites excluding steroid dienone is 4. The summed E-state index contributed by atoms with van der Waals surface area (Å²) in [7, 11) is 17.1. The molecule has 15 rings (SSSR count). The van der Waals surface area contributed by atoms with Crippen molar-refractivity contribution in [3.05, 3.63) is 84.2 Å². The van der Waals surface area contributed by atoms with E-state index in [2.05, 4.69) is 52.6 Å². The number of fused-ring (bicyclic) bond motifs is 10. The molecule has 2 aromatic carbocycles. The number of benzene rings is 2. The van der Waals surface area contributed by atoms with Gasteiger partial charge >= 0.3 is 11.9 Å². The molecule has 0 radical (unpaired) electrons. The van der Waals surface area contributed by atoms with Crippen molar-refractivity contribution in [2.24, 2.45) is 71.0 Å². The minimum absolute atomic E-state index is 0.0269. The van der Waals surface area contributed by atoms with E-state index in [1.54, 1.807) is 73.2 Å². The highest BCUT2D eigenvalue weighted by Gasteiger charge is 2.63. The van der Waals surface area contributed by atoms with Crippen LogP contribution >= 0.6 is 0 Å². The average molecular weight is 1710 g/mol. The molecule has 9 unspecified atom stereocenters. The maximum absolute atomic E-state index is 15.2. The molecule has 7 heterocycles. The molecule has 0 spiro atoms. The Morgan fingerprint density at radius 2 is 0.893 bits per heavy atom. The fraction of sp³-hybridized carbons (Fsp3) is 0.739. The minimum atomic E-state index is -1.00. The van der Waals surface area contributed by atoms with Gasteiger partial charge < -0.3 is 96.0 Å². The summed E-state index contributed by atoms with van der Waals surface area (Å²) in [4.78, 5) is 59.5. The van der Waals surface area contributed by atoms with Crippen LogP contribution in [0, 0.1) is 71.0 Å². The van der Waals surface area contributed by atoms with Crippen LogP contribution in [0.1, 0.15) is 163 Å². The highest BCUT2D eigenvalue weighted by Crippen LogP contribution is 2.62. The van der Waals surface area contributed by atoms with E-state index in [9.17, 15) is 29.7 Å². The number of likely N-dealkylation sites (N-methyl/N-ethyl adjacent to an activating group) is 1. The van der Waals surface area contributed by atoms with Crippen LogP contribution in [0.2, 0.25) is 0 Å². The number of aliphatic hydroxyl groups excluding tert-OH is 3. The summed E-state index contributed by atoms with van der Waals surface area (Å²) in [6, 6.07) is 14.4. The van der Waals surface area contributed by atoms with E-state index in [0.29, 0.717) is 93.2 Å². The van der Waals surface area contributed by atoms with Crippen molar-refractivity contribution >= 4 is 23.5 Å². The number of hydrogen-bond donors (Lipinski definition) is 3. The van der Waals surface area contributed by atoms with Gasteiger partial charge in [0.15, 0.2) is 30.4 Å². The van der Waals surface area contributed by atoms with Crippen molar-refractivity contribution in [1.82, 2.24) is 34.9 Å². The normalized spacial score (nSPS) is 40.7. The molecule has 4 saturated carbocycles. The number of ether oxygens (including phenoxy) is 16. The van der Waals surface area contributed by atoms with Gasteiger partial charge in [-0.05, 0) is 220 Å². The van der Waals surface area contributed by atoms with Crippen molar-refractivity contribution in [1.29, 1.82) is 0 Å². The zero-order valence-electron chi connectivity index (χ0n) is 74.1. The SMILES string of the molecule is CC[C@H]1CCC[C@H](O)[C@@H](C)C(=O)C2=C[C@H]3[C@@H]4C[C@H](O[C@@H]5OC(C)[C@H](OC)C(OC)[C@@H]5OC)C[C@H]4C(n4cc(-c5ccc(OC)cc5)nn4)C(O)[C@H]3[C@@H]2CC(=O)O1.CC[C@H]1CCC[C@H](O[C@H]2CC[C@H](N(C)C)C(C)O2)[C@@H](C)C(=O)C2=C[C@H]3[C@@H]4C[C@H](O[C@@H]5OC(C)[C@H](OC)C(OC)[C@@H]5OC)C[C@H]4C(n4cc(-c5ccc(OC)cc5)nn4)C(O)[C@H]3[C@@H]2CC(=O)O1. The standard InChI is InChI=1S/C50H74N4O12.C42H59N3O11/c1-11-30-13-12-14-40(66-42-20-19-39(53(5)6)27(3)62-42)26(2)45(56)37-23-34-33-21-32(65-50-49(61-10)48(60-9)47(59-8)28(4)63-50)22-36(33)44(46(57)43(34)35(37)24-41(55)64-30)54-25-38(51-52-54)29-15-17-31(58-7)18-16-29;1-8-24-10-9-11-33(46)21(2)37(48)31-18-28-27-16-26(56-42-41(53-7)40(52-6)39(51-5)22(3)54-42)17-30(27)36(38(49)35(28)29(31)19-34(47)55-24)45-20-32(43-44-45)23-12-14-25(50-4)15-13-23/h15-18,23,25-28,30,32-36,39-40,42-44,46-50,57H,11-14,19-22,24H2,1-10H3;12-15,18,20-22,24,26-30,33,35-36,38-42,46,49H,8-11,16-17,19H2,1-7H3/t26-,27?,28?,30+,32+,33+,34+,35-,36-,39+,40+,42+,43-,44?,46?,47+,48?,49+,50+;21-,22?,24+,26+,27+,28+,29-,30-,33+,35-,36?,38?,39+,40?,41+,42+/m11/s1. The van der Waals surface area contributed by atoms with Gasteiger partial charge in [0.2, 0.25) is 0 Å². The molecule has 30 nitrogen and oxygen atoms in total. The largest absolute Gasteiger partial charge is 0.497 e. The minimum Gasteiger partial charge on any atom is -0.497 e. The van der Waals surface area contributed by atoms with E-state index in [1.807, 2.05) is 102 Å². The number of ketones is 2. The molecule has 11 aliphatic rings. The second-order valence-electron chi connectivity index (χ2n) is 36.3. The maximum atomic E-state index is 15.2. The summed E-state index contributed by atoms with van der Waals surface area (Å²) in [6.07, 6.45) is 7.08. The lowest BCUT2D eigenvalue weighted by atomic mass is 9.62. The van der Waals surface area contributed by atoms with Crippen LogP contribution in [-0.4, -0.2) is 273 Å². The van der Waals surface area contributed by atoms with Gasteiger partial charge in [-0.1, -0.05) is 50.3 Å². The molecular weight excluding hydrogens is 1570 g/mol. The van der Waals surface area contributed by atoms with Gasteiger partial charge in [-0.15, -0.1) is 10.2 Å². The molecular formula is C92H133N7O23. The number of aromatic nitrogens is 6. The van der Waals surface area contributed by atoms with E-state index in [1.165, 1.54) is 0 Å². The highest BCUT2D eigenvalue weighted by molar-refractivity contribution is 6.00. The van der Waals surface area contributed by atoms with Gasteiger partial charge in [0.05, 0.1) is 106 Å². The first kappa shape index (κ1) is 91.6. The van der Waals surface area contributed by atoms with E-state index in [-0.39, 0.29) is 133 Å². The van der Waals surface area contributed by atoms with Crippen LogP contribution in [0.25, 0.3) is 22.5 Å². The molecule has 2 aromatic heterocycles. The summed E-state index contributed by atoms with van der Waals surface area (Å²) in [5.74, 6) is -3.78. The maximum Gasteiger partial charge on any atom is 0.306 e. The number of methoxy groups -OCH3 is 8. The second kappa shape index (κ2) is 40.2. The predicted molar refractivity (Wildman–Crippen MR) is 444 cm³/mol. The molecule has 3 N–H and O–H groups in total. The molecule has 6 aliphatic carbocycles. The Morgan fingerprint density at radius 3 is 1.30 bits per heavy atom. The van der Waals surface area contributed by atoms with E-state index < -0.39 is 115 Å². The van der Waals surface area contributed by atoms with Crippen LogP contribution in [-0.2, 0) is 85.5 Å². The van der Waals surface area contributed by atoms with E-state index in [4.69, 9.17) is 75.8 Å². The first-order chi connectivity index (χ1) is 58.8. The van der Waals surface area contributed by atoms with Crippen molar-refractivity contribution in [3.63, 3.8) is 0 Å². The van der Waals surface area contributed by atoms with Crippen molar-refractivity contribution in [2.75, 3.05) is 71.0 Å². The molecule has 0 amide bonds. The lowest BCUT2D eigenvalue weighted by Crippen LogP contribution is -2.59. The fourth-order valence-electron chi connectivity index (χ4n) is 23.2. The number of esters is 2. The topological polar surface area (TPSA) is 341 Å². The molecule has 9 fully saturated rings. The Balaban J connectivity index is 0.000000202. The molecule has 5 aliphatic heterocycles. The number of carbonyl (C=O) groups is 4. The quantitative estimate of drug-likeness (QED) is 0.0653. The first-order valence-corrected chi connectivity index (χ1v) is 44.6. The van der Waals surface area contributed by atoms with Gasteiger partial charge in [0, 0.05) is 95.3 Å². The molecule has 5 saturated heterocycles. The highest BCUT2D eigenvalue weighted by atomic mass is 16.7. The van der Waals surface area contributed by atoms with Crippen molar-refractivity contribution in [3.8, 4) is 34.0 Å². The molecule has 674 valence electrons. The van der Waals surface area contributed by atoms with Crippen LogP contribution in [0.3, 0.4) is 0 Å². The lowest BCUT2D eigenvalue weighted by molar-refractivity contribution is -0.314. The molecule has 0 bridgehead atoms. The summed E-state index contributed by atoms with van der Waals surface area (Å²) in [6.45, 7) is 13.7. The molecule has 30 heteroatoms. The van der Waals surface area contributed by atoms with Crippen LogP contribution in [0.4, 0.5) is 0 Å². The Bertz CT molecular complexity index is 4200. The van der Waals surface area contributed by atoms with Gasteiger partial charge in [-0.3, -0.25) is 19.2 Å². The monoisotopic (exact) mass is 1700 g/mol. The zero-order valence-corrected chi connectivity index (χ0v) is 74.1. The number of carbonyl (C=O) groups excluding carboxylic acids is 4. The lowest BCUT2D eigenvalue weighted by Gasteiger charge is -2.46. The van der Waals surface area contributed by atoms with Crippen LogP contribution < -0.4 is 9.47 Å². The summed E-state index contributed by atoms with van der Waals surface area (Å²) >= 11 is 0. The Morgan fingerprint density at radius 1 is 0.475 bits per heavy atom. The second-order valence-corrected chi connectivity index (χ2v) is 36.3. The fourth-order valence-corrected chi connectivity index (χ4v) is 23.2. The van der Waals surface area contributed by atoms with Gasteiger partial charge in [-0.2, -0.15) is 0 Å². The number of cyclic esters (lactones) is 2. The predicted octanol–water partition coefficient (Wildman–Crippen LogP) is 10.1. The molecule has 4 aromatic rings. The van der Waals surface area contributed by atoms with Gasteiger partial charge in [0.25, 0.3) is 0 Å². The number of aliphatic hydroxyl groups is 3. The number of hydrogen-bond acceptors (Lipinski definition) is 28. The third kappa shape index (κ3) is 18.8. The van der Waals surface area contributed by atoms with Gasteiger partial charge in [-0.25, -0.2) is 9.36 Å². The Hall–Kier alpha value is -6.56. The number of rotatable bonds is 21. The van der Waals surface area contributed by atoms with Crippen molar-refractivity contribution < 1.29 is 110 Å². The van der Waals surface area contributed by atoms with Gasteiger partial charge in [0.1, 0.15) is 71.7 Å². The Kier molecular flexibility index (Phi) is 30.2. The molecule has 35 atom stereocenters. The average Bonchev–Trinajstić information content (AvgIpc) is 1.57. The summed E-state index contributed by atoms with van der Waals surface area (Å²) in [5, 5.41) is 55.3. The number of Topliss-reactive ketones (excluding diaryl/α,β-unsaturated/α-hetero) is 2. The summed E-state index contributed by atoms with van der Waals surface area (Å²) < 4.78 is 101. The third-order valence-corrected chi connectivity index (χ3v) is 29.5. The molecule has 122 heavy (non-hydrogen) atoms. The van der Waals surface area contributed by atoms with Crippen LogP contribution in [0.15, 0.2) is 84.2 Å². The Labute approximate surface area is 717 Å².